The lowest BCUT2D eigenvalue weighted by Gasteiger charge is -2.15. The molecule has 0 aliphatic heterocycles. The molecule has 3 aromatic heterocycles. The molecule has 2 N–H and O–H groups in total. The van der Waals surface area contributed by atoms with Crippen LogP contribution < -0.4 is 11.3 Å². The van der Waals surface area contributed by atoms with Gasteiger partial charge in [0, 0.05) is 43.1 Å². The predicted molar refractivity (Wildman–Crippen MR) is 138 cm³/mol. The molecule has 0 fully saturated rings. The highest BCUT2D eigenvalue weighted by molar-refractivity contribution is 6.30. The Morgan fingerprint density at radius 1 is 1.00 bits per heavy atom. The van der Waals surface area contributed by atoms with Gasteiger partial charge in [-0.05, 0) is 42.3 Å². The van der Waals surface area contributed by atoms with Gasteiger partial charge < -0.3 is 14.9 Å². The summed E-state index contributed by atoms with van der Waals surface area (Å²) in [5, 5.41) is 0.666. The van der Waals surface area contributed by atoms with Gasteiger partial charge in [-0.2, -0.15) is 0 Å². The topological polar surface area (TPSA) is 78.7 Å². The summed E-state index contributed by atoms with van der Waals surface area (Å²) in [5.41, 5.74) is 12.5. The van der Waals surface area contributed by atoms with E-state index >= 15 is 0 Å². The molecule has 172 valence electrons. The Labute approximate surface area is 203 Å². The summed E-state index contributed by atoms with van der Waals surface area (Å²) in [4.78, 5) is 21.1. The van der Waals surface area contributed by atoms with Crippen LogP contribution in [0, 0.1) is 6.92 Å². The molecule has 0 saturated heterocycles. The van der Waals surface area contributed by atoms with Crippen LogP contribution in [0.2, 0.25) is 5.02 Å². The van der Waals surface area contributed by atoms with Gasteiger partial charge in [-0.15, -0.1) is 0 Å². The van der Waals surface area contributed by atoms with Crippen molar-refractivity contribution in [3.05, 3.63) is 118 Å². The fraction of sp³-hybridized carbons (Fsp3) is 0.148. The van der Waals surface area contributed by atoms with Crippen LogP contribution in [0.1, 0.15) is 22.9 Å². The summed E-state index contributed by atoms with van der Waals surface area (Å²) in [6.45, 7) is 2.03. The van der Waals surface area contributed by atoms with Gasteiger partial charge in [0.2, 0.25) is 0 Å². The fourth-order valence-electron chi connectivity index (χ4n) is 3.72. The normalized spacial score (nSPS) is 11.7. The molecule has 3 heterocycles. The molecule has 5 rings (SSSR count). The molecule has 0 aliphatic rings. The molecule has 34 heavy (non-hydrogen) atoms. The van der Waals surface area contributed by atoms with Crippen LogP contribution in [0.15, 0.2) is 90.2 Å². The summed E-state index contributed by atoms with van der Waals surface area (Å²) in [6.07, 6.45) is 5.39. The average Bonchev–Trinajstić information content (AvgIpc) is 3.32. The number of nitrogens with zero attached hydrogens (tertiary/aromatic N) is 4. The molecule has 1 atom stereocenters. The number of aryl methyl sites for hydroxylation is 3. The van der Waals surface area contributed by atoms with Crippen molar-refractivity contribution in [1.82, 2.24) is 19.1 Å². The standard InChI is InChI=1S/C23H20ClN3O.C4H6N2/c1-14-4-3-5-16(12-14)18-13-21(28)27(2)20-11-10-19(26-23(18)20)22(25)15-6-8-17(24)9-7-15;1-6-3-2-5-4-6/h3-13,22H,25H2,1-2H3;2-4H,1H3. The lowest BCUT2D eigenvalue weighted by molar-refractivity contribution is 0.831. The molecule has 0 saturated carbocycles. The van der Waals surface area contributed by atoms with Gasteiger partial charge in [-0.25, -0.2) is 9.97 Å². The number of hydrogen-bond acceptors (Lipinski definition) is 4. The highest BCUT2D eigenvalue weighted by Crippen LogP contribution is 2.28. The van der Waals surface area contributed by atoms with Crippen LogP contribution in [0.3, 0.4) is 0 Å². The Balaban J connectivity index is 0.000000398. The molecular weight excluding hydrogens is 446 g/mol. The van der Waals surface area contributed by atoms with Crippen LogP contribution in [-0.4, -0.2) is 19.1 Å². The van der Waals surface area contributed by atoms with Crippen molar-refractivity contribution in [3.8, 4) is 11.1 Å². The summed E-state index contributed by atoms with van der Waals surface area (Å²) in [5.74, 6) is 0. The van der Waals surface area contributed by atoms with E-state index < -0.39 is 0 Å². The summed E-state index contributed by atoms with van der Waals surface area (Å²) in [7, 11) is 3.69. The average molecular weight is 472 g/mol. The number of rotatable bonds is 3. The van der Waals surface area contributed by atoms with Gasteiger partial charge in [-0.3, -0.25) is 4.79 Å². The minimum Gasteiger partial charge on any atom is -0.341 e. The van der Waals surface area contributed by atoms with E-state index in [1.54, 1.807) is 30.2 Å². The third-order valence-corrected chi connectivity index (χ3v) is 5.88. The Morgan fingerprint density at radius 2 is 1.76 bits per heavy atom. The van der Waals surface area contributed by atoms with Crippen molar-refractivity contribution in [2.45, 2.75) is 13.0 Å². The molecule has 1 unspecified atom stereocenters. The zero-order valence-corrected chi connectivity index (χ0v) is 20.1. The van der Waals surface area contributed by atoms with Gasteiger partial charge in [0.05, 0.1) is 29.1 Å². The van der Waals surface area contributed by atoms with Crippen molar-refractivity contribution in [2.24, 2.45) is 19.8 Å². The molecule has 0 aliphatic carbocycles. The summed E-state index contributed by atoms with van der Waals surface area (Å²) >= 11 is 5.99. The lowest BCUT2D eigenvalue weighted by Crippen LogP contribution is -2.18. The monoisotopic (exact) mass is 471 g/mol. The number of hydrogen-bond donors (Lipinski definition) is 1. The van der Waals surface area contributed by atoms with Crippen molar-refractivity contribution < 1.29 is 0 Å². The lowest BCUT2D eigenvalue weighted by atomic mass is 10.0. The molecular formula is C27H26ClN5O. The maximum absolute atomic E-state index is 12.5. The van der Waals surface area contributed by atoms with E-state index in [1.807, 2.05) is 79.3 Å². The zero-order valence-electron chi connectivity index (χ0n) is 19.3. The summed E-state index contributed by atoms with van der Waals surface area (Å²) in [6, 6.07) is 20.6. The van der Waals surface area contributed by atoms with Gasteiger partial charge in [0.25, 0.3) is 5.56 Å². The first-order valence-corrected chi connectivity index (χ1v) is 11.2. The largest absolute Gasteiger partial charge is 0.341 e. The second-order valence-electron chi connectivity index (χ2n) is 8.19. The van der Waals surface area contributed by atoms with Crippen LogP contribution in [0.25, 0.3) is 22.2 Å². The molecule has 0 amide bonds. The van der Waals surface area contributed by atoms with E-state index in [4.69, 9.17) is 22.3 Å². The van der Waals surface area contributed by atoms with E-state index in [2.05, 4.69) is 11.1 Å². The number of imidazole rings is 1. The maximum atomic E-state index is 12.5. The highest BCUT2D eigenvalue weighted by Gasteiger charge is 2.15. The van der Waals surface area contributed by atoms with Gasteiger partial charge in [0.1, 0.15) is 0 Å². The van der Waals surface area contributed by atoms with E-state index in [1.165, 1.54) is 0 Å². The SMILES string of the molecule is Cc1cccc(-c2cc(=O)n(C)c3ccc(C(N)c4ccc(Cl)cc4)nc23)c1.Cn1ccnc1. The first kappa shape index (κ1) is 23.4. The predicted octanol–water partition coefficient (Wildman–Crippen LogP) is 5.03. The van der Waals surface area contributed by atoms with Crippen molar-refractivity contribution in [1.29, 1.82) is 0 Å². The second-order valence-corrected chi connectivity index (χ2v) is 8.62. The fourth-order valence-corrected chi connectivity index (χ4v) is 3.84. The Morgan fingerprint density at radius 3 is 2.38 bits per heavy atom. The number of halogens is 1. The minimum atomic E-state index is -0.385. The van der Waals surface area contributed by atoms with Gasteiger partial charge in [0.15, 0.2) is 0 Å². The second kappa shape index (κ2) is 10.0. The van der Waals surface area contributed by atoms with E-state index in [0.717, 1.165) is 39.0 Å². The highest BCUT2D eigenvalue weighted by atomic mass is 35.5. The first-order valence-electron chi connectivity index (χ1n) is 10.8. The third kappa shape index (κ3) is 5.09. The number of benzene rings is 2. The van der Waals surface area contributed by atoms with E-state index in [0.29, 0.717) is 5.02 Å². The van der Waals surface area contributed by atoms with Crippen molar-refractivity contribution in [2.75, 3.05) is 0 Å². The van der Waals surface area contributed by atoms with Crippen molar-refractivity contribution >= 4 is 22.6 Å². The van der Waals surface area contributed by atoms with E-state index in [-0.39, 0.29) is 11.6 Å². The summed E-state index contributed by atoms with van der Waals surface area (Å²) < 4.78 is 3.50. The molecule has 0 spiro atoms. The third-order valence-electron chi connectivity index (χ3n) is 5.62. The Kier molecular flexibility index (Phi) is 6.91. The Hall–Kier alpha value is -3.74. The number of pyridine rings is 2. The molecule has 0 bridgehead atoms. The van der Waals surface area contributed by atoms with Gasteiger partial charge >= 0.3 is 0 Å². The molecule has 0 radical (unpaired) electrons. The number of nitrogens with two attached hydrogens (primary N) is 1. The van der Waals surface area contributed by atoms with Crippen molar-refractivity contribution in [3.63, 3.8) is 0 Å². The van der Waals surface area contributed by atoms with Crippen LogP contribution in [0.5, 0.6) is 0 Å². The maximum Gasteiger partial charge on any atom is 0.251 e. The Bertz CT molecular complexity index is 1470. The zero-order chi connectivity index (χ0) is 24.2. The molecule has 5 aromatic rings. The van der Waals surface area contributed by atoms with Crippen LogP contribution in [0.4, 0.5) is 0 Å². The van der Waals surface area contributed by atoms with E-state index in [9.17, 15) is 4.79 Å². The molecule has 2 aromatic carbocycles. The quantitative estimate of drug-likeness (QED) is 0.400. The van der Waals surface area contributed by atoms with Crippen LogP contribution >= 0.6 is 11.6 Å². The molecule has 7 heteroatoms. The minimum absolute atomic E-state index is 0.0689. The van der Waals surface area contributed by atoms with Crippen LogP contribution in [-0.2, 0) is 14.1 Å². The van der Waals surface area contributed by atoms with Gasteiger partial charge in [-0.1, -0.05) is 53.6 Å². The smallest absolute Gasteiger partial charge is 0.251 e. The number of fused-ring (bicyclic) bond motifs is 1. The molecule has 6 nitrogen and oxygen atoms in total. The number of aromatic nitrogens is 4. The first-order chi connectivity index (χ1) is 16.3.